The molecule has 2 unspecified atom stereocenters. The highest BCUT2D eigenvalue weighted by Crippen LogP contribution is 2.14. The van der Waals surface area contributed by atoms with Crippen LogP contribution in [-0.4, -0.2) is 47.7 Å². The number of carboxylic acid groups (broad SMARTS) is 1. The first-order valence-electron chi connectivity index (χ1n) is 6.51. The third-order valence-electron chi connectivity index (χ3n) is 3.56. The number of carbonyl (C=O) groups is 1. The van der Waals surface area contributed by atoms with Crippen LogP contribution >= 0.6 is 0 Å². The summed E-state index contributed by atoms with van der Waals surface area (Å²) < 4.78 is 13.1. The zero-order valence-electron chi connectivity index (χ0n) is 11.0. The molecule has 1 aromatic rings. The summed E-state index contributed by atoms with van der Waals surface area (Å²) >= 11 is 0. The van der Waals surface area contributed by atoms with Crippen LogP contribution in [0.15, 0.2) is 24.3 Å². The maximum atomic E-state index is 13.1. The Bertz CT molecular complexity index is 453. The predicted molar refractivity (Wildman–Crippen MR) is 70.6 cm³/mol. The molecule has 0 saturated carbocycles. The Morgan fingerprint density at radius 1 is 1.63 bits per heavy atom. The van der Waals surface area contributed by atoms with Crippen LogP contribution in [0.3, 0.4) is 0 Å². The van der Waals surface area contributed by atoms with Gasteiger partial charge in [0.25, 0.3) is 0 Å². The molecule has 0 spiro atoms. The summed E-state index contributed by atoms with van der Waals surface area (Å²) in [5, 5.41) is 12.3. The molecular weight excluding hydrogens is 247 g/mol. The van der Waals surface area contributed by atoms with E-state index in [0.717, 1.165) is 12.1 Å². The van der Waals surface area contributed by atoms with Crippen LogP contribution in [0.2, 0.25) is 0 Å². The van der Waals surface area contributed by atoms with E-state index in [0.29, 0.717) is 19.5 Å². The smallest absolute Gasteiger partial charge is 0.322 e. The van der Waals surface area contributed by atoms with Gasteiger partial charge in [-0.15, -0.1) is 0 Å². The highest BCUT2D eigenvalue weighted by molar-refractivity contribution is 5.74. The van der Waals surface area contributed by atoms with Gasteiger partial charge in [-0.2, -0.15) is 0 Å². The number of benzene rings is 1. The van der Waals surface area contributed by atoms with Gasteiger partial charge in [0.15, 0.2) is 0 Å². The quantitative estimate of drug-likeness (QED) is 0.857. The standard InChI is InChI=1S/C14H19FN2O2/c1-10(7-11-3-2-4-12(15)8-11)17-6-5-16-9-13(17)14(18)19/h2-4,8,10,13,16H,5-7,9H2,1H3,(H,18,19). The largest absolute Gasteiger partial charge is 0.480 e. The lowest BCUT2D eigenvalue weighted by Crippen LogP contribution is -2.58. The van der Waals surface area contributed by atoms with E-state index in [9.17, 15) is 14.3 Å². The van der Waals surface area contributed by atoms with Gasteiger partial charge in [0.2, 0.25) is 0 Å². The highest BCUT2D eigenvalue weighted by atomic mass is 19.1. The minimum Gasteiger partial charge on any atom is -0.480 e. The number of piperazine rings is 1. The fourth-order valence-corrected chi connectivity index (χ4v) is 2.60. The summed E-state index contributed by atoms with van der Waals surface area (Å²) in [6.45, 7) is 3.94. The van der Waals surface area contributed by atoms with Crippen molar-refractivity contribution < 1.29 is 14.3 Å². The van der Waals surface area contributed by atoms with E-state index in [1.807, 2.05) is 17.9 Å². The van der Waals surface area contributed by atoms with E-state index >= 15 is 0 Å². The average Bonchev–Trinajstić information content (AvgIpc) is 2.38. The number of hydrogen-bond acceptors (Lipinski definition) is 3. The number of carboxylic acids is 1. The Kier molecular flexibility index (Phi) is 4.50. The molecule has 5 heteroatoms. The van der Waals surface area contributed by atoms with Crippen LogP contribution in [0.1, 0.15) is 12.5 Å². The molecule has 1 aliphatic rings. The molecule has 2 rings (SSSR count). The Morgan fingerprint density at radius 2 is 2.42 bits per heavy atom. The van der Waals surface area contributed by atoms with E-state index in [1.165, 1.54) is 12.1 Å². The first-order chi connectivity index (χ1) is 9.08. The van der Waals surface area contributed by atoms with Crippen molar-refractivity contribution in [3.8, 4) is 0 Å². The Labute approximate surface area is 112 Å². The summed E-state index contributed by atoms with van der Waals surface area (Å²) in [6.07, 6.45) is 0.654. The van der Waals surface area contributed by atoms with Crippen molar-refractivity contribution in [2.24, 2.45) is 0 Å². The maximum absolute atomic E-state index is 13.1. The molecule has 19 heavy (non-hydrogen) atoms. The molecule has 4 nitrogen and oxygen atoms in total. The summed E-state index contributed by atoms with van der Waals surface area (Å²) in [5.41, 5.74) is 0.898. The molecule has 2 atom stereocenters. The number of nitrogens with one attached hydrogen (secondary N) is 1. The van der Waals surface area contributed by atoms with Gasteiger partial charge in [-0.3, -0.25) is 9.69 Å². The van der Waals surface area contributed by atoms with E-state index < -0.39 is 12.0 Å². The summed E-state index contributed by atoms with van der Waals surface area (Å²) in [7, 11) is 0. The molecule has 0 aliphatic carbocycles. The lowest BCUT2D eigenvalue weighted by molar-refractivity contribution is -0.144. The first kappa shape index (κ1) is 14.0. The number of halogens is 1. The van der Waals surface area contributed by atoms with E-state index in [-0.39, 0.29) is 11.9 Å². The molecule has 1 fully saturated rings. The number of nitrogens with zero attached hydrogens (tertiary/aromatic N) is 1. The molecule has 1 aliphatic heterocycles. The monoisotopic (exact) mass is 266 g/mol. The minimum absolute atomic E-state index is 0.0741. The molecule has 2 N–H and O–H groups in total. The van der Waals surface area contributed by atoms with Crippen LogP contribution < -0.4 is 5.32 Å². The lowest BCUT2D eigenvalue weighted by Gasteiger charge is -2.38. The fraction of sp³-hybridized carbons (Fsp3) is 0.500. The van der Waals surface area contributed by atoms with Gasteiger partial charge in [0, 0.05) is 25.7 Å². The van der Waals surface area contributed by atoms with Crippen molar-refractivity contribution in [1.29, 1.82) is 0 Å². The number of hydrogen-bond donors (Lipinski definition) is 2. The zero-order valence-corrected chi connectivity index (χ0v) is 11.0. The van der Waals surface area contributed by atoms with Crippen molar-refractivity contribution in [3.05, 3.63) is 35.6 Å². The van der Waals surface area contributed by atoms with Crippen molar-refractivity contribution in [2.75, 3.05) is 19.6 Å². The van der Waals surface area contributed by atoms with Crippen molar-refractivity contribution >= 4 is 5.97 Å². The molecule has 0 aromatic heterocycles. The van der Waals surface area contributed by atoms with Crippen LogP contribution in [0, 0.1) is 5.82 Å². The molecule has 104 valence electrons. The molecule has 1 aromatic carbocycles. The molecule has 1 heterocycles. The number of aliphatic carboxylic acids is 1. The molecule has 1 saturated heterocycles. The van der Waals surface area contributed by atoms with Gasteiger partial charge in [0.1, 0.15) is 11.9 Å². The topological polar surface area (TPSA) is 52.6 Å². The van der Waals surface area contributed by atoms with E-state index in [1.54, 1.807) is 6.07 Å². The second-order valence-electron chi connectivity index (χ2n) is 4.98. The van der Waals surface area contributed by atoms with Crippen LogP contribution in [-0.2, 0) is 11.2 Å². The molecule has 0 radical (unpaired) electrons. The fourth-order valence-electron chi connectivity index (χ4n) is 2.60. The second-order valence-corrected chi connectivity index (χ2v) is 4.98. The zero-order chi connectivity index (χ0) is 13.8. The van der Waals surface area contributed by atoms with Crippen LogP contribution in [0.5, 0.6) is 0 Å². The molecule has 0 bridgehead atoms. The highest BCUT2D eigenvalue weighted by Gasteiger charge is 2.31. The molecule has 0 amide bonds. The normalized spacial score (nSPS) is 22.1. The maximum Gasteiger partial charge on any atom is 0.322 e. The van der Waals surface area contributed by atoms with Crippen LogP contribution in [0.4, 0.5) is 4.39 Å². The van der Waals surface area contributed by atoms with Gasteiger partial charge >= 0.3 is 5.97 Å². The molecular formula is C14H19FN2O2. The average molecular weight is 266 g/mol. The summed E-state index contributed by atoms with van der Waals surface area (Å²) in [6, 6.07) is 6.05. The summed E-state index contributed by atoms with van der Waals surface area (Å²) in [5.74, 6) is -1.06. The number of rotatable bonds is 4. The van der Waals surface area contributed by atoms with Gasteiger partial charge < -0.3 is 10.4 Å². The Hall–Kier alpha value is -1.46. The Morgan fingerprint density at radius 3 is 3.11 bits per heavy atom. The van der Waals surface area contributed by atoms with Crippen LogP contribution in [0.25, 0.3) is 0 Å². The lowest BCUT2D eigenvalue weighted by atomic mass is 10.0. The van der Waals surface area contributed by atoms with Gasteiger partial charge in [-0.1, -0.05) is 12.1 Å². The van der Waals surface area contributed by atoms with E-state index in [2.05, 4.69) is 5.32 Å². The van der Waals surface area contributed by atoms with Crippen molar-refractivity contribution in [2.45, 2.75) is 25.4 Å². The Balaban J connectivity index is 2.05. The summed E-state index contributed by atoms with van der Waals surface area (Å²) in [4.78, 5) is 13.2. The van der Waals surface area contributed by atoms with E-state index in [4.69, 9.17) is 0 Å². The van der Waals surface area contributed by atoms with Gasteiger partial charge in [0.05, 0.1) is 0 Å². The SMILES string of the molecule is CC(Cc1cccc(F)c1)N1CCNCC1C(=O)O. The minimum atomic E-state index is -0.807. The predicted octanol–water partition coefficient (Wildman–Crippen LogP) is 1.12. The second kappa shape index (κ2) is 6.12. The first-order valence-corrected chi connectivity index (χ1v) is 6.51. The van der Waals surface area contributed by atoms with Crippen molar-refractivity contribution in [1.82, 2.24) is 10.2 Å². The third kappa shape index (κ3) is 3.52. The van der Waals surface area contributed by atoms with Gasteiger partial charge in [-0.25, -0.2) is 4.39 Å². The van der Waals surface area contributed by atoms with Gasteiger partial charge in [-0.05, 0) is 31.0 Å². The third-order valence-corrected chi connectivity index (χ3v) is 3.56. The van der Waals surface area contributed by atoms with Crippen molar-refractivity contribution in [3.63, 3.8) is 0 Å².